The van der Waals surface area contributed by atoms with Crippen LogP contribution in [0.5, 0.6) is 5.75 Å². The Morgan fingerprint density at radius 2 is 1.81 bits per heavy atom. The molecule has 1 aliphatic rings. The highest BCUT2D eigenvalue weighted by Crippen LogP contribution is 2.25. The van der Waals surface area contributed by atoms with Crippen molar-refractivity contribution >= 4 is 5.91 Å². The second-order valence-corrected chi connectivity index (χ2v) is 7.91. The van der Waals surface area contributed by atoms with Gasteiger partial charge in [0, 0.05) is 44.4 Å². The first-order valence-corrected chi connectivity index (χ1v) is 11.1. The molecule has 0 aliphatic carbocycles. The first-order valence-electron chi connectivity index (χ1n) is 11.1. The summed E-state index contributed by atoms with van der Waals surface area (Å²) < 4.78 is 10.7. The van der Waals surface area contributed by atoms with Crippen LogP contribution < -0.4 is 10.1 Å². The highest BCUT2D eigenvalue weighted by atomic mass is 16.5. The molecule has 7 nitrogen and oxygen atoms in total. The number of amides is 1. The molecule has 1 saturated heterocycles. The van der Waals surface area contributed by atoms with E-state index in [0.717, 1.165) is 49.6 Å². The fourth-order valence-corrected chi connectivity index (χ4v) is 4.08. The minimum Gasteiger partial charge on any atom is -0.497 e. The molecule has 1 atom stereocenters. The predicted octanol–water partition coefficient (Wildman–Crippen LogP) is 3.46. The molecule has 32 heavy (non-hydrogen) atoms. The largest absolute Gasteiger partial charge is 0.497 e. The molecule has 7 heteroatoms. The number of nitrogens with zero attached hydrogens (tertiary/aromatic N) is 3. The van der Waals surface area contributed by atoms with Crippen molar-refractivity contribution in [1.82, 2.24) is 20.3 Å². The van der Waals surface area contributed by atoms with Gasteiger partial charge in [0.15, 0.2) is 11.5 Å². The van der Waals surface area contributed by atoms with E-state index in [2.05, 4.69) is 39.3 Å². The number of piperazine rings is 1. The summed E-state index contributed by atoms with van der Waals surface area (Å²) in [6.07, 6.45) is 0. The summed E-state index contributed by atoms with van der Waals surface area (Å²) in [5.41, 5.74) is 2.33. The molecule has 1 aliphatic heterocycles. The molecule has 1 amide bonds. The van der Waals surface area contributed by atoms with Crippen LogP contribution in [0.1, 0.15) is 29.0 Å². The lowest BCUT2D eigenvalue weighted by molar-refractivity contribution is 0.0849. The molecule has 2 aromatic carbocycles. The number of rotatable bonds is 8. The summed E-state index contributed by atoms with van der Waals surface area (Å²) in [4.78, 5) is 17.7. The maximum Gasteiger partial charge on any atom is 0.273 e. The zero-order valence-electron chi connectivity index (χ0n) is 18.7. The lowest BCUT2D eigenvalue weighted by Gasteiger charge is -2.39. The van der Waals surface area contributed by atoms with Crippen LogP contribution in [-0.2, 0) is 0 Å². The molecular formula is C25H30N4O3. The van der Waals surface area contributed by atoms with Crippen molar-refractivity contribution in [3.63, 3.8) is 0 Å². The van der Waals surface area contributed by atoms with Gasteiger partial charge in [-0.15, -0.1) is 0 Å². The van der Waals surface area contributed by atoms with Crippen molar-refractivity contribution in [2.75, 3.05) is 46.4 Å². The standard InChI is InChI=1S/C25H30N4O3/c1-3-28-13-15-29(16-14-28)23(19-9-11-21(31-2)12-10-19)18-26-25(30)22-17-24(32-27-22)20-7-5-4-6-8-20/h4-12,17,23H,3,13-16,18H2,1-2H3,(H,26,30). The number of carbonyl (C=O) groups excluding carboxylic acids is 1. The maximum atomic E-state index is 12.8. The summed E-state index contributed by atoms with van der Waals surface area (Å²) in [7, 11) is 1.66. The smallest absolute Gasteiger partial charge is 0.273 e. The van der Waals surface area contributed by atoms with Crippen LogP contribution in [0.4, 0.5) is 0 Å². The first-order chi connectivity index (χ1) is 15.7. The molecular weight excluding hydrogens is 404 g/mol. The minimum absolute atomic E-state index is 0.0735. The Balaban J connectivity index is 1.46. The lowest BCUT2D eigenvalue weighted by Crippen LogP contribution is -2.49. The minimum atomic E-state index is -0.235. The van der Waals surface area contributed by atoms with Crippen LogP contribution in [0.2, 0.25) is 0 Å². The van der Waals surface area contributed by atoms with Crippen molar-refractivity contribution < 1.29 is 14.1 Å². The van der Waals surface area contributed by atoms with Gasteiger partial charge < -0.3 is 19.5 Å². The van der Waals surface area contributed by atoms with Crippen molar-refractivity contribution in [3.8, 4) is 17.1 Å². The summed E-state index contributed by atoms with van der Waals surface area (Å²) in [5.74, 6) is 1.17. The van der Waals surface area contributed by atoms with Gasteiger partial charge >= 0.3 is 0 Å². The zero-order valence-corrected chi connectivity index (χ0v) is 18.7. The Bertz CT molecular complexity index is 996. The van der Waals surface area contributed by atoms with E-state index in [9.17, 15) is 4.79 Å². The quantitative estimate of drug-likeness (QED) is 0.586. The fraction of sp³-hybridized carbons (Fsp3) is 0.360. The van der Waals surface area contributed by atoms with Gasteiger partial charge in [-0.3, -0.25) is 9.69 Å². The van der Waals surface area contributed by atoms with Crippen LogP contribution in [0.25, 0.3) is 11.3 Å². The van der Waals surface area contributed by atoms with Crippen molar-refractivity contribution in [2.45, 2.75) is 13.0 Å². The van der Waals surface area contributed by atoms with Crippen molar-refractivity contribution in [3.05, 3.63) is 71.9 Å². The van der Waals surface area contributed by atoms with Crippen LogP contribution >= 0.6 is 0 Å². The third kappa shape index (κ3) is 5.18. The van der Waals surface area contributed by atoms with E-state index in [0.29, 0.717) is 12.3 Å². The third-order valence-corrected chi connectivity index (χ3v) is 6.05. The Morgan fingerprint density at radius 1 is 1.09 bits per heavy atom. The SMILES string of the molecule is CCN1CCN(C(CNC(=O)c2cc(-c3ccccc3)on2)c2ccc(OC)cc2)CC1. The third-order valence-electron chi connectivity index (χ3n) is 6.05. The Hall–Kier alpha value is -3.16. The normalized spacial score (nSPS) is 15.9. The van der Waals surface area contributed by atoms with E-state index in [1.54, 1.807) is 13.2 Å². The zero-order chi connectivity index (χ0) is 22.3. The average molecular weight is 435 g/mol. The summed E-state index contributed by atoms with van der Waals surface area (Å²) in [5, 5.41) is 7.04. The first kappa shape index (κ1) is 22.0. The molecule has 168 valence electrons. The highest BCUT2D eigenvalue weighted by molar-refractivity contribution is 5.93. The van der Waals surface area contributed by atoms with Gasteiger partial charge in [0.05, 0.1) is 13.2 Å². The number of carbonyl (C=O) groups is 1. The second-order valence-electron chi connectivity index (χ2n) is 7.91. The van der Waals surface area contributed by atoms with Crippen molar-refractivity contribution in [2.24, 2.45) is 0 Å². The lowest BCUT2D eigenvalue weighted by atomic mass is 10.0. The number of aromatic nitrogens is 1. The van der Waals surface area contributed by atoms with Gasteiger partial charge in [-0.1, -0.05) is 54.5 Å². The number of methoxy groups -OCH3 is 1. The molecule has 0 bridgehead atoms. The van der Waals surface area contributed by atoms with E-state index < -0.39 is 0 Å². The van der Waals surface area contributed by atoms with Crippen LogP contribution in [0, 0.1) is 0 Å². The molecule has 1 unspecified atom stereocenters. The van der Waals surface area contributed by atoms with Gasteiger partial charge in [0.2, 0.25) is 0 Å². The van der Waals surface area contributed by atoms with Gasteiger partial charge in [-0.2, -0.15) is 0 Å². The van der Waals surface area contributed by atoms with Crippen molar-refractivity contribution in [1.29, 1.82) is 0 Å². The number of ether oxygens (including phenoxy) is 1. The van der Waals surface area contributed by atoms with Gasteiger partial charge in [0.1, 0.15) is 5.75 Å². The maximum absolute atomic E-state index is 12.8. The molecule has 1 N–H and O–H groups in total. The Kier molecular flexibility index (Phi) is 7.19. The number of nitrogens with one attached hydrogen (secondary N) is 1. The van der Waals surface area contributed by atoms with Gasteiger partial charge in [-0.25, -0.2) is 0 Å². The topological polar surface area (TPSA) is 70.8 Å². The molecule has 2 heterocycles. The summed E-state index contributed by atoms with van der Waals surface area (Å²) in [6.45, 7) is 7.73. The molecule has 0 spiro atoms. The average Bonchev–Trinajstić information content (AvgIpc) is 3.36. The van der Waals surface area contributed by atoms with E-state index in [-0.39, 0.29) is 17.6 Å². The number of hydrogen-bond acceptors (Lipinski definition) is 6. The Morgan fingerprint density at radius 3 is 2.47 bits per heavy atom. The number of likely N-dealkylation sites (N-methyl/N-ethyl adjacent to an activating group) is 1. The molecule has 3 aromatic rings. The van der Waals surface area contributed by atoms with E-state index >= 15 is 0 Å². The molecule has 0 saturated carbocycles. The Labute approximate surface area is 188 Å². The van der Waals surface area contributed by atoms with E-state index in [1.165, 1.54) is 0 Å². The predicted molar refractivity (Wildman–Crippen MR) is 124 cm³/mol. The number of benzene rings is 2. The highest BCUT2D eigenvalue weighted by Gasteiger charge is 2.26. The summed E-state index contributed by atoms with van der Waals surface area (Å²) >= 11 is 0. The second kappa shape index (κ2) is 10.4. The summed E-state index contributed by atoms with van der Waals surface area (Å²) in [6, 6.07) is 19.5. The monoisotopic (exact) mass is 434 g/mol. The molecule has 1 fully saturated rings. The van der Waals surface area contributed by atoms with E-state index in [1.807, 2.05) is 42.5 Å². The van der Waals surface area contributed by atoms with Gasteiger partial charge in [0.25, 0.3) is 5.91 Å². The van der Waals surface area contributed by atoms with Crippen LogP contribution in [0.15, 0.2) is 65.2 Å². The van der Waals surface area contributed by atoms with Gasteiger partial charge in [-0.05, 0) is 24.2 Å². The molecule has 0 radical (unpaired) electrons. The van der Waals surface area contributed by atoms with Crippen LogP contribution in [-0.4, -0.2) is 67.2 Å². The van der Waals surface area contributed by atoms with Crippen LogP contribution in [0.3, 0.4) is 0 Å². The van der Waals surface area contributed by atoms with E-state index in [4.69, 9.17) is 9.26 Å². The molecule has 4 rings (SSSR count). The molecule has 1 aromatic heterocycles. The fourth-order valence-electron chi connectivity index (χ4n) is 4.08. The number of hydrogen-bond donors (Lipinski definition) is 1.